The number of piperidine rings is 2. The normalized spacial score (nSPS) is 19.6. The van der Waals surface area contributed by atoms with Crippen LogP contribution in [0.2, 0.25) is 0 Å². The van der Waals surface area contributed by atoms with Crippen LogP contribution in [0.5, 0.6) is 5.75 Å². The second kappa shape index (κ2) is 19.4. The highest BCUT2D eigenvalue weighted by molar-refractivity contribution is 9.10. The summed E-state index contributed by atoms with van der Waals surface area (Å²) < 4.78 is 10.1. The van der Waals surface area contributed by atoms with Crippen molar-refractivity contribution in [3.63, 3.8) is 0 Å². The van der Waals surface area contributed by atoms with Crippen molar-refractivity contribution in [2.24, 2.45) is 5.92 Å². The van der Waals surface area contributed by atoms with E-state index in [-0.39, 0.29) is 41.7 Å². The fourth-order valence-corrected chi connectivity index (χ4v) is 8.24. The van der Waals surface area contributed by atoms with Crippen molar-refractivity contribution >= 4 is 45.6 Å². The van der Waals surface area contributed by atoms with Crippen molar-refractivity contribution in [2.45, 2.75) is 64.0 Å². The molecule has 0 saturated carbocycles. The van der Waals surface area contributed by atoms with Gasteiger partial charge in [-0.2, -0.15) is 0 Å². The van der Waals surface area contributed by atoms with Gasteiger partial charge in [-0.3, -0.25) is 14.5 Å². The van der Waals surface area contributed by atoms with Crippen molar-refractivity contribution in [2.75, 3.05) is 85.0 Å². The van der Waals surface area contributed by atoms with Gasteiger partial charge in [-0.25, -0.2) is 9.59 Å². The molecule has 1 atom stereocenters. The first-order chi connectivity index (χ1) is 25.6. The zero-order valence-corrected chi connectivity index (χ0v) is 32.9. The minimum Gasteiger partial charge on any atom is -0.507 e. The van der Waals surface area contributed by atoms with Gasteiger partial charge in [0.2, 0.25) is 5.91 Å². The molecule has 0 aliphatic carbocycles. The van der Waals surface area contributed by atoms with Crippen LogP contribution in [-0.4, -0.2) is 145 Å². The Morgan fingerprint density at radius 1 is 0.868 bits per heavy atom. The number of urea groups is 1. The van der Waals surface area contributed by atoms with Crippen LogP contribution in [0.15, 0.2) is 46.9 Å². The number of hydrogen-bond acceptors (Lipinski definition) is 9. The van der Waals surface area contributed by atoms with Gasteiger partial charge in [-0.15, -0.1) is 0 Å². The Balaban J connectivity index is 0.000000216. The zero-order chi connectivity index (χ0) is 37.9. The highest BCUT2D eigenvalue weighted by Gasteiger charge is 2.32. The van der Waals surface area contributed by atoms with E-state index in [1.807, 2.05) is 47.1 Å². The maximum Gasteiger partial charge on any atom is 0.409 e. The number of phenols is 1. The van der Waals surface area contributed by atoms with Gasteiger partial charge in [0.1, 0.15) is 5.75 Å². The van der Waals surface area contributed by atoms with E-state index < -0.39 is 0 Å². The molecule has 53 heavy (non-hydrogen) atoms. The fourth-order valence-electron chi connectivity index (χ4n) is 7.81. The molecule has 4 aliphatic heterocycles. The van der Waals surface area contributed by atoms with Crippen LogP contribution >= 0.6 is 15.9 Å². The van der Waals surface area contributed by atoms with Crippen molar-refractivity contribution in [1.29, 1.82) is 0 Å². The van der Waals surface area contributed by atoms with E-state index in [1.165, 1.54) is 19.8 Å². The molecular formula is C39H55BrN6O7. The molecule has 6 rings (SSSR count). The number of ether oxygens (including phenoxy) is 2. The van der Waals surface area contributed by atoms with Gasteiger partial charge in [-0.05, 0) is 83.8 Å². The Labute approximate surface area is 321 Å². The highest BCUT2D eigenvalue weighted by Crippen LogP contribution is 2.27. The Morgan fingerprint density at radius 3 is 2.19 bits per heavy atom. The number of aromatic hydroxyl groups is 1. The lowest BCUT2D eigenvalue weighted by Gasteiger charge is -2.43. The summed E-state index contributed by atoms with van der Waals surface area (Å²) in [5.74, 6) is 0.211. The first-order valence-electron chi connectivity index (χ1n) is 18.8. The van der Waals surface area contributed by atoms with Crippen LogP contribution in [0.3, 0.4) is 0 Å². The van der Waals surface area contributed by atoms with Gasteiger partial charge in [-0.1, -0.05) is 31.2 Å². The number of piperazine rings is 1. The summed E-state index contributed by atoms with van der Waals surface area (Å²) in [6.07, 6.45) is 5.31. The van der Waals surface area contributed by atoms with Crippen molar-refractivity contribution in [3.8, 4) is 5.75 Å². The van der Waals surface area contributed by atoms with E-state index in [4.69, 9.17) is 9.47 Å². The van der Waals surface area contributed by atoms with Crippen LogP contribution in [0.4, 0.5) is 15.3 Å². The number of methoxy groups -OCH3 is 2. The standard InChI is InChI=1S/C23H34BrN3O4.C16H21N3O3/c1-17(15-18-3-4-21(28)20(24)16-18)23(30)27-9-5-19(6-10-27)26-13-11-25(12-14-26)8-7-22(29)31-2;1-22-16(21)18-9-7-13(8-10-18)19-11-6-12-4-2-3-5-14(12)17-15(19)20/h3-4,16-17,19,28H,5-15H2,1-2H3;2-5,13H,6-11H2,1H3,(H,17,20)/t17-;/m1./s1. The smallest absolute Gasteiger partial charge is 0.409 e. The molecule has 0 bridgehead atoms. The van der Waals surface area contributed by atoms with Crippen molar-refractivity contribution in [1.82, 2.24) is 24.5 Å². The zero-order valence-electron chi connectivity index (χ0n) is 31.3. The maximum atomic E-state index is 12.9. The SMILES string of the molecule is COC(=O)CCN1CCN(C2CCN(C(=O)[C@H](C)Cc3ccc(O)c(Br)c3)CC2)CC1.COC(=O)N1CCC(N2CCc3ccccc3NC2=O)CC1. The minimum absolute atomic E-state index is 0.0403. The predicted octanol–water partition coefficient (Wildman–Crippen LogP) is 4.81. The third kappa shape index (κ3) is 11.1. The van der Waals surface area contributed by atoms with Gasteiger partial charge in [0.15, 0.2) is 0 Å². The van der Waals surface area contributed by atoms with E-state index in [9.17, 15) is 24.3 Å². The Hall–Kier alpha value is -3.88. The van der Waals surface area contributed by atoms with E-state index in [2.05, 4.69) is 37.1 Å². The average Bonchev–Trinajstić information content (AvgIpc) is 3.36. The molecule has 13 nitrogen and oxygen atoms in total. The molecule has 2 N–H and O–H groups in total. The molecule has 4 aliphatic rings. The first-order valence-corrected chi connectivity index (χ1v) is 19.6. The molecule has 2 aromatic rings. The third-order valence-corrected chi connectivity index (χ3v) is 11.6. The number of esters is 1. The lowest BCUT2D eigenvalue weighted by molar-refractivity contribution is -0.141. The molecule has 0 unspecified atom stereocenters. The Bertz CT molecular complexity index is 1550. The quantitative estimate of drug-likeness (QED) is 0.361. The number of carbonyl (C=O) groups excluding carboxylic acids is 4. The summed E-state index contributed by atoms with van der Waals surface area (Å²) in [6.45, 7) is 10.4. The molecule has 14 heteroatoms. The highest BCUT2D eigenvalue weighted by atomic mass is 79.9. The number of nitrogens with zero attached hydrogens (tertiary/aromatic N) is 5. The van der Waals surface area contributed by atoms with Gasteiger partial charge >= 0.3 is 18.1 Å². The Kier molecular flexibility index (Phi) is 14.8. The van der Waals surface area contributed by atoms with Crippen LogP contribution in [0.25, 0.3) is 0 Å². The molecule has 3 fully saturated rings. The summed E-state index contributed by atoms with van der Waals surface area (Å²) in [4.78, 5) is 58.8. The number of nitrogens with one attached hydrogen (secondary N) is 1. The molecule has 4 amide bonds. The van der Waals surface area contributed by atoms with E-state index >= 15 is 0 Å². The van der Waals surface area contributed by atoms with E-state index in [1.54, 1.807) is 11.0 Å². The molecule has 290 valence electrons. The Morgan fingerprint density at radius 2 is 1.53 bits per heavy atom. The third-order valence-electron chi connectivity index (χ3n) is 11.0. The number of rotatable bonds is 8. The summed E-state index contributed by atoms with van der Waals surface area (Å²) in [7, 11) is 2.83. The van der Waals surface area contributed by atoms with Gasteiger partial charge in [0, 0.05) is 89.1 Å². The number of carbonyl (C=O) groups is 4. The molecular weight excluding hydrogens is 744 g/mol. The van der Waals surface area contributed by atoms with Crippen LogP contribution < -0.4 is 5.32 Å². The van der Waals surface area contributed by atoms with E-state index in [0.29, 0.717) is 43.0 Å². The number of fused-ring (bicyclic) bond motifs is 1. The van der Waals surface area contributed by atoms with Crippen LogP contribution in [-0.2, 0) is 31.9 Å². The van der Waals surface area contributed by atoms with Crippen molar-refractivity contribution in [3.05, 3.63) is 58.1 Å². The minimum atomic E-state index is -0.286. The molecule has 3 saturated heterocycles. The summed E-state index contributed by atoms with van der Waals surface area (Å²) >= 11 is 3.34. The topological polar surface area (TPSA) is 135 Å². The number of halogens is 1. The molecule has 0 aromatic heterocycles. The number of para-hydroxylation sites is 1. The number of phenolic OH excluding ortho intramolecular Hbond substituents is 1. The summed E-state index contributed by atoms with van der Waals surface area (Å²) in [5, 5.41) is 12.6. The summed E-state index contributed by atoms with van der Waals surface area (Å²) in [6, 6.07) is 14.0. The van der Waals surface area contributed by atoms with E-state index in [0.717, 1.165) is 89.2 Å². The molecule has 2 aromatic carbocycles. The van der Waals surface area contributed by atoms with Crippen molar-refractivity contribution < 1.29 is 33.8 Å². The largest absolute Gasteiger partial charge is 0.507 e. The average molecular weight is 800 g/mol. The molecule has 0 spiro atoms. The number of amides is 4. The fraction of sp³-hybridized carbons (Fsp3) is 0.590. The van der Waals surface area contributed by atoms with Gasteiger partial charge < -0.3 is 39.5 Å². The second-order valence-electron chi connectivity index (χ2n) is 14.4. The van der Waals surface area contributed by atoms with Crippen LogP contribution in [0.1, 0.15) is 50.2 Å². The monoisotopic (exact) mass is 798 g/mol. The second-order valence-corrected chi connectivity index (χ2v) is 15.2. The number of likely N-dealkylation sites (tertiary alicyclic amines) is 2. The van der Waals surface area contributed by atoms with Gasteiger partial charge in [0.25, 0.3) is 0 Å². The number of anilines is 1. The maximum absolute atomic E-state index is 12.9. The lowest BCUT2D eigenvalue weighted by Crippen LogP contribution is -2.54. The predicted molar refractivity (Wildman–Crippen MR) is 206 cm³/mol. The molecule has 4 heterocycles. The lowest BCUT2D eigenvalue weighted by atomic mass is 9.97. The molecule has 0 radical (unpaired) electrons. The van der Waals surface area contributed by atoms with Crippen LogP contribution in [0, 0.1) is 5.92 Å². The van der Waals surface area contributed by atoms with Gasteiger partial charge in [0.05, 0.1) is 25.1 Å². The number of benzene rings is 2. The first kappa shape index (κ1) is 40.3. The number of hydrogen-bond donors (Lipinski definition) is 2. The summed E-state index contributed by atoms with van der Waals surface area (Å²) in [5.41, 5.74) is 3.12.